The summed E-state index contributed by atoms with van der Waals surface area (Å²) in [4.78, 5) is 0. The first-order valence-electron chi connectivity index (χ1n) is 6.50. The van der Waals surface area contributed by atoms with Gasteiger partial charge in [0.2, 0.25) is 0 Å². The van der Waals surface area contributed by atoms with Crippen LogP contribution in [0.15, 0.2) is 48.5 Å². The van der Waals surface area contributed by atoms with Crippen LogP contribution in [0.5, 0.6) is 5.75 Å². The van der Waals surface area contributed by atoms with Crippen molar-refractivity contribution in [3.05, 3.63) is 65.2 Å². The van der Waals surface area contributed by atoms with Crippen LogP contribution in [0, 0.1) is 5.92 Å². The number of rotatable bonds is 4. The number of aromatic hydroxyl groups is 1. The third-order valence-corrected chi connectivity index (χ3v) is 3.05. The summed E-state index contributed by atoms with van der Waals surface area (Å²) >= 11 is 0. The molecule has 0 fully saturated rings. The van der Waals surface area contributed by atoms with Gasteiger partial charge in [-0.3, -0.25) is 0 Å². The third kappa shape index (κ3) is 3.36. The molecule has 0 unspecified atom stereocenters. The van der Waals surface area contributed by atoms with Gasteiger partial charge in [0.25, 0.3) is 0 Å². The van der Waals surface area contributed by atoms with Crippen molar-refractivity contribution in [3.63, 3.8) is 0 Å². The molecule has 0 amide bonds. The van der Waals surface area contributed by atoms with Gasteiger partial charge in [0.15, 0.2) is 0 Å². The minimum Gasteiger partial charge on any atom is -0.508 e. The van der Waals surface area contributed by atoms with E-state index in [0.717, 1.165) is 18.4 Å². The summed E-state index contributed by atoms with van der Waals surface area (Å²) in [7, 11) is 0. The SMILES string of the molecule is CC(C)Cc1ccc(Cc2ccccc2O)cc1. The topological polar surface area (TPSA) is 20.2 Å². The third-order valence-electron chi connectivity index (χ3n) is 3.05. The lowest BCUT2D eigenvalue weighted by molar-refractivity contribution is 0.469. The van der Waals surface area contributed by atoms with E-state index in [1.54, 1.807) is 6.07 Å². The van der Waals surface area contributed by atoms with Gasteiger partial charge in [-0.2, -0.15) is 0 Å². The predicted octanol–water partition coefficient (Wildman–Crippen LogP) is 4.18. The number of para-hydroxylation sites is 1. The highest BCUT2D eigenvalue weighted by atomic mass is 16.3. The maximum atomic E-state index is 9.75. The molecule has 18 heavy (non-hydrogen) atoms. The van der Waals surface area contributed by atoms with E-state index in [1.165, 1.54) is 11.1 Å². The molecule has 0 bridgehead atoms. The molecular weight excluding hydrogens is 220 g/mol. The monoisotopic (exact) mass is 240 g/mol. The molecular formula is C17H20O. The van der Waals surface area contributed by atoms with Crippen LogP contribution in [0.1, 0.15) is 30.5 Å². The predicted molar refractivity (Wildman–Crippen MR) is 75.9 cm³/mol. The number of hydrogen-bond donors (Lipinski definition) is 1. The van der Waals surface area contributed by atoms with Crippen LogP contribution < -0.4 is 0 Å². The Kier molecular flexibility index (Phi) is 4.03. The van der Waals surface area contributed by atoms with E-state index in [-0.39, 0.29) is 0 Å². The molecule has 2 rings (SSSR count). The van der Waals surface area contributed by atoms with Crippen molar-refractivity contribution in [1.29, 1.82) is 0 Å². The van der Waals surface area contributed by atoms with Gasteiger partial charge >= 0.3 is 0 Å². The van der Waals surface area contributed by atoms with Crippen LogP contribution in [0.2, 0.25) is 0 Å². The fraction of sp³-hybridized carbons (Fsp3) is 0.294. The molecule has 0 saturated carbocycles. The maximum Gasteiger partial charge on any atom is 0.119 e. The first kappa shape index (κ1) is 12.7. The second-order valence-electron chi connectivity index (χ2n) is 5.22. The molecule has 0 saturated heterocycles. The van der Waals surface area contributed by atoms with Crippen LogP contribution in [-0.4, -0.2) is 5.11 Å². The Hall–Kier alpha value is -1.76. The smallest absolute Gasteiger partial charge is 0.119 e. The van der Waals surface area contributed by atoms with Crippen molar-refractivity contribution < 1.29 is 5.11 Å². The van der Waals surface area contributed by atoms with Gasteiger partial charge in [-0.15, -0.1) is 0 Å². The number of phenolic OH excluding ortho intramolecular Hbond substituents is 1. The van der Waals surface area contributed by atoms with Gasteiger partial charge in [-0.25, -0.2) is 0 Å². The molecule has 0 atom stereocenters. The maximum absolute atomic E-state index is 9.75. The van der Waals surface area contributed by atoms with Crippen molar-refractivity contribution >= 4 is 0 Å². The molecule has 0 aromatic heterocycles. The zero-order valence-electron chi connectivity index (χ0n) is 11.1. The van der Waals surface area contributed by atoms with Crippen molar-refractivity contribution in [2.75, 3.05) is 0 Å². The van der Waals surface area contributed by atoms with E-state index >= 15 is 0 Å². The van der Waals surface area contributed by atoms with Gasteiger partial charge in [0.1, 0.15) is 5.75 Å². The van der Waals surface area contributed by atoms with E-state index in [1.807, 2.05) is 18.2 Å². The van der Waals surface area contributed by atoms with E-state index in [4.69, 9.17) is 0 Å². The minimum absolute atomic E-state index is 0.378. The van der Waals surface area contributed by atoms with Crippen molar-refractivity contribution in [1.82, 2.24) is 0 Å². The van der Waals surface area contributed by atoms with Crippen LogP contribution in [0.4, 0.5) is 0 Å². The van der Waals surface area contributed by atoms with Crippen LogP contribution >= 0.6 is 0 Å². The van der Waals surface area contributed by atoms with Crippen molar-refractivity contribution in [3.8, 4) is 5.75 Å². The van der Waals surface area contributed by atoms with Crippen LogP contribution in [-0.2, 0) is 12.8 Å². The second kappa shape index (κ2) is 5.72. The normalized spacial score (nSPS) is 10.8. The molecule has 0 spiro atoms. The summed E-state index contributed by atoms with van der Waals surface area (Å²) < 4.78 is 0. The van der Waals surface area contributed by atoms with Gasteiger partial charge < -0.3 is 5.11 Å². The molecule has 0 radical (unpaired) electrons. The molecule has 0 heterocycles. The Bertz CT molecular complexity index is 497. The number of hydrogen-bond acceptors (Lipinski definition) is 1. The Morgan fingerprint density at radius 2 is 1.50 bits per heavy atom. The summed E-state index contributed by atoms with van der Waals surface area (Å²) in [5.41, 5.74) is 3.60. The Labute approximate surface area is 109 Å². The molecule has 0 aliphatic carbocycles. The Morgan fingerprint density at radius 3 is 2.11 bits per heavy atom. The second-order valence-corrected chi connectivity index (χ2v) is 5.22. The molecule has 1 heteroatoms. The van der Waals surface area contributed by atoms with Crippen LogP contribution in [0.25, 0.3) is 0 Å². The Morgan fingerprint density at radius 1 is 0.889 bits per heavy atom. The average Bonchev–Trinajstić information content (AvgIpc) is 2.34. The highest BCUT2D eigenvalue weighted by Crippen LogP contribution is 2.20. The molecule has 0 aliphatic heterocycles. The molecule has 2 aromatic rings. The average molecular weight is 240 g/mol. The molecule has 1 nitrogen and oxygen atoms in total. The summed E-state index contributed by atoms with van der Waals surface area (Å²) in [6, 6.07) is 16.2. The molecule has 0 aliphatic rings. The van der Waals surface area contributed by atoms with E-state index in [9.17, 15) is 5.11 Å². The quantitative estimate of drug-likeness (QED) is 0.850. The lowest BCUT2D eigenvalue weighted by Crippen LogP contribution is -1.95. The largest absolute Gasteiger partial charge is 0.508 e. The highest BCUT2D eigenvalue weighted by Gasteiger charge is 2.02. The summed E-state index contributed by atoms with van der Waals surface area (Å²) in [6.07, 6.45) is 1.91. The van der Waals surface area contributed by atoms with Crippen LogP contribution in [0.3, 0.4) is 0 Å². The number of benzene rings is 2. The lowest BCUT2D eigenvalue weighted by Gasteiger charge is -2.07. The van der Waals surface area contributed by atoms with Gasteiger partial charge in [0, 0.05) is 6.42 Å². The lowest BCUT2D eigenvalue weighted by atomic mass is 9.99. The summed E-state index contributed by atoms with van der Waals surface area (Å²) in [5.74, 6) is 1.07. The zero-order valence-corrected chi connectivity index (χ0v) is 11.1. The summed E-state index contributed by atoms with van der Waals surface area (Å²) in [5, 5.41) is 9.75. The van der Waals surface area contributed by atoms with E-state index in [2.05, 4.69) is 38.1 Å². The molecule has 2 aromatic carbocycles. The molecule has 94 valence electrons. The van der Waals surface area contributed by atoms with E-state index < -0.39 is 0 Å². The minimum atomic E-state index is 0.378. The first-order chi connectivity index (χ1) is 8.65. The Balaban J connectivity index is 2.09. The van der Waals surface area contributed by atoms with Gasteiger partial charge in [0.05, 0.1) is 0 Å². The summed E-state index contributed by atoms with van der Waals surface area (Å²) in [6.45, 7) is 4.46. The highest BCUT2D eigenvalue weighted by molar-refractivity contribution is 5.37. The fourth-order valence-electron chi connectivity index (χ4n) is 2.14. The van der Waals surface area contributed by atoms with E-state index in [0.29, 0.717) is 11.7 Å². The zero-order chi connectivity index (χ0) is 13.0. The van der Waals surface area contributed by atoms with Crippen molar-refractivity contribution in [2.45, 2.75) is 26.7 Å². The van der Waals surface area contributed by atoms with Gasteiger partial charge in [-0.1, -0.05) is 56.3 Å². The van der Waals surface area contributed by atoms with Gasteiger partial charge in [-0.05, 0) is 35.1 Å². The number of phenols is 1. The molecule has 1 N–H and O–H groups in total. The fourth-order valence-corrected chi connectivity index (χ4v) is 2.14. The first-order valence-corrected chi connectivity index (χ1v) is 6.50. The standard InChI is InChI=1S/C17H20O/c1-13(2)11-14-7-9-15(10-8-14)12-16-5-3-4-6-17(16)18/h3-10,13,18H,11-12H2,1-2H3. The van der Waals surface area contributed by atoms with Crippen molar-refractivity contribution in [2.24, 2.45) is 5.92 Å².